The summed E-state index contributed by atoms with van der Waals surface area (Å²) in [6.07, 6.45) is 5.74. The molecule has 1 aromatic heterocycles. The highest BCUT2D eigenvalue weighted by Crippen LogP contribution is 2.30. The van der Waals surface area contributed by atoms with Crippen LogP contribution >= 0.6 is 0 Å². The fourth-order valence-corrected chi connectivity index (χ4v) is 3.87. The maximum atomic E-state index is 10.7. The Kier molecular flexibility index (Phi) is 5.14. The molecule has 23 heavy (non-hydrogen) atoms. The van der Waals surface area contributed by atoms with Crippen molar-refractivity contribution in [3.8, 4) is 6.07 Å². The monoisotopic (exact) mass is 314 g/mol. The Morgan fingerprint density at radius 3 is 2.52 bits per heavy atom. The maximum Gasteiger partial charge on any atom is 0.128 e. The molecule has 0 spiro atoms. The summed E-state index contributed by atoms with van der Waals surface area (Å²) in [6.45, 7) is 5.90. The van der Waals surface area contributed by atoms with E-state index in [1.54, 1.807) is 6.20 Å². The van der Waals surface area contributed by atoms with E-state index in [1.165, 1.54) is 0 Å². The maximum absolute atomic E-state index is 10.7. The minimum absolute atomic E-state index is 0.157. The van der Waals surface area contributed by atoms with Crippen molar-refractivity contribution in [1.82, 2.24) is 10.3 Å². The first-order chi connectivity index (χ1) is 11.2. The van der Waals surface area contributed by atoms with Crippen LogP contribution in [0.25, 0.3) is 0 Å². The predicted octanol–water partition coefficient (Wildman–Crippen LogP) is 1.84. The van der Waals surface area contributed by atoms with Crippen molar-refractivity contribution in [2.45, 2.75) is 38.7 Å². The molecule has 1 unspecified atom stereocenters. The second kappa shape index (κ2) is 7.29. The van der Waals surface area contributed by atoms with E-state index in [1.807, 2.05) is 13.0 Å². The molecule has 0 amide bonds. The van der Waals surface area contributed by atoms with E-state index >= 15 is 0 Å². The summed E-state index contributed by atoms with van der Waals surface area (Å²) >= 11 is 0. The highest BCUT2D eigenvalue weighted by Gasteiger charge is 2.31. The predicted molar refractivity (Wildman–Crippen MR) is 90.2 cm³/mol. The smallest absolute Gasteiger partial charge is 0.128 e. The molecule has 2 saturated heterocycles. The Balaban J connectivity index is 1.57. The van der Waals surface area contributed by atoms with Crippen molar-refractivity contribution < 1.29 is 5.11 Å². The molecule has 0 bridgehead atoms. The van der Waals surface area contributed by atoms with Gasteiger partial charge in [-0.15, -0.1) is 0 Å². The summed E-state index contributed by atoms with van der Waals surface area (Å²) in [6, 6.07) is 4.17. The fourth-order valence-electron chi connectivity index (χ4n) is 3.87. The molecule has 2 fully saturated rings. The Hall–Kier alpha value is -1.64. The number of aryl methyl sites for hydroxylation is 1. The first kappa shape index (κ1) is 16.2. The SMILES string of the molecule is Cc1cc(N2CCC(C(O)C3CCNCC3)CC2)ncc1C#N. The zero-order chi connectivity index (χ0) is 16.2. The van der Waals surface area contributed by atoms with Crippen LogP contribution in [0.3, 0.4) is 0 Å². The van der Waals surface area contributed by atoms with Crippen molar-refractivity contribution >= 4 is 5.82 Å². The Bertz CT molecular complexity index is 569. The number of hydrogen-bond acceptors (Lipinski definition) is 5. The van der Waals surface area contributed by atoms with E-state index < -0.39 is 0 Å². The normalized spacial score (nSPS) is 21.9. The van der Waals surface area contributed by atoms with Crippen LogP contribution in [0.5, 0.6) is 0 Å². The Labute approximate surface area is 138 Å². The lowest BCUT2D eigenvalue weighted by Crippen LogP contribution is -2.43. The molecule has 124 valence electrons. The zero-order valence-electron chi connectivity index (χ0n) is 13.8. The van der Waals surface area contributed by atoms with Crippen LogP contribution in [0, 0.1) is 30.1 Å². The van der Waals surface area contributed by atoms with Crippen molar-refractivity contribution in [3.05, 3.63) is 23.4 Å². The van der Waals surface area contributed by atoms with Crippen LogP contribution in [0.15, 0.2) is 12.3 Å². The molecule has 2 aliphatic rings. The molecule has 1 aromatic rings. The summed E-state index contributed by atoms with van der Waals surface area (Å²) < 4.78 is 0. The van der Waals surface area contributed by atoms with E-state index in [-0.39, 0.29) is 6.10 Å². The average molecular weight is 314 g/mol. The molecule has 0 aromatic carbocycles. The van der Waals surface area contributed by atoms with E-state index in [0.29, 0.717) is 17.4 Å². The van der Waals surface area contributed by atoms with Crippen LogP contribution in [-0.2, 0) is 0 Å². The third kappa shape index (κ3) is 3.65. The number of nitriles is 1. The number of nitrogens with zero attached hydrogens (tertiary/aromatic N) is 3. The standard InChI is InChI=1S/C18H26N4O/c1-13-10-17(21-12-16(13)11-19)22-8-4-15(5-9-22)18(23)14-2-6-20-7-3-14/h10,12,14-15,18,20,23H,2-9H2,1H3. The second-order valence-corrected chi connectivity index (χ2v) is 6.87. The number of hydrogen-bond donors (Lipinski definition) is 2. The average Bonchev–Trinajstić information content (AvgIpc) is 2.62. The van der Waals surface area contributed by atoms with Crippen molar-refractivity contribution in [1.29, 1.82) is 5.26 Å². The molecule has 5 nitrogen and oxygen atoms in total. The van der Waals surface area contributed by atoms with Crippen molar-refractivity contribution in [2.24, 2.45) is 11.8 Å². The van der Waals surface area contributed by atoms with Gasteiger partial charge in [0.25, 0.3) is 0 Å². The molecule has 0 saturated carbocycles. The highest BCUT2D eigenvalue weighted by molar-refractivity contribution is 5.47. The number of piperidine rings is 2. The van der Waals surface area contributed by atoms with Gasteiger partial charge in [-0.25, -0.2) is 4.98 Å². The number of nitrogens with one attached hydrogen (secondary N) is 1. The van der Waals surface area contributed by atoms with Crippen LogP contribution in [0.4, 0.5) is 5.82 Å². The van der Waals surface area contributed by atoms with Crippen molar-refractivity contribution in [2.75, 3.05) is 31.1 Å². The first-order valence-corrected chi connectivity index (χ1v) is 8.69. The lowest BCUT2D eigenvalue weighted by Gasteiger charge is -2.38. The first-order valence-electron chi connectivity index (χ1n) is 8.69. The van der Waals surface area contributed by atoms with Gasteiger partial charge in [0.15, 0.2) is 0 Å². The lowest BCUT2D eigenvalue weighted by molar-refractivity contribution is 0.0265. The summed E-state index contributed by atoms with van der Waals surface area (Å²) in [5.74, 6) is 1.83. The molecule has 2 aliphatic heterocycles. The van der Waals surface area contributed by atoms with Gasteiger partial charge in [0.1, 0.15) is 11.9 Å². The Morgan fingerprint density at radius 2 is 1.91 bits per heavy atom. The lowest BCUT2D eigenvalue weighted by atomic mass is 9.80. The molecule has 0 aliphatic carbocycles. The van der Waals surface area contributed by atoms with Gasteiger partial charge in [-0.3, -0.25) is 0 Å². The number of aliphatic hydroxyl groups excluding tert-OH is 1. The molecule has 3 heterocycles. The quantitative estimate of drug-likeness (QED) is 0.891. The minimum Gasteiger partial charge on any atom is -0.393 e. The van der Waals surface area contributed by atoms with Crippen LogP contribution in [-0.4, -0.2) is 42.4 Å². The van der Waals surface area contributed by atoms with E-state index in [4.69, 9.17) is 5.26 Å². The topological polar surface area (TPSA) is 72.2 Å². The van der Waals surface area contributed by atoms with Crippen molar-refractivity contribution in [3.63, 3.8) is 0 Å². The molecule has 3 rings (SSSR count). The molecular formula is C18H26N4O. The van der Waals surface area contributed by atoms with Gasteiger partial charge in [-0.1, -0.05) is 0 Å². The fraction of sp³-hybridized carbons (Fsp3) is 0.667. The zero-order valence-corrected chi connectivity index (χ0v) is 13.8. The van der Waals surface area contributed by atoms with Crippen LogP contribution < -0.4 is 10.2 Å². The number of pyridine rings is 1. The molecule has 1 atom stereocenters. The number of rotatable bonds is 3. The molecule has 5 heteroatoms. The van der Waals surface area contributed by atoms with Crippen LogP contribution in [0.1, 0.15) is 36.8 Å². The van der Waals surface area contributed by atoms with Gasteiger partial charge in [0.2, 0.25) is 0 Å². The molecule has 2 N–H and O–H groups in total. The van der Waals surface area contributed by atoms with E-state index in [9.17, 15) is 5.11 Å². The van der Waals surface area contributed by atoms with Gasteiger partial charge in [-0.05, 0) is 69.2 Å². The van der Waals surface area contributed by atoms with Gasteiger partial charge >= 0.3 is 0 Å². The Morgan fingerprint density at radius 1 is 1.26 bits per heavy atom. The summed E-state index contributed by atoms with van der Waals surface area (Å²) in [4.78, 5) is 6.70. The highest BCUT2D eigenvalue weighted by atomic mass is 16.3. The van der Waals surface area contributed by atoms with Gasteiger partial charge in [0.05, 0.1) is 11.7 Å². The van der Waals surface area contributed by atoms with Gasteiger partial charge in [-0.2, -0.15) is 5.26 Å². The number of anilines is 1. The number of aliphatic hydroxyl groups is 1. The van der Waals surface area contributed by atoms with Gasteiger partial charge < -0.3 is 15.3 Å². The molecular weight excluding hydrogens is 288 g/mol. The van der Waals surface area contributed by atoms with E-state index in [2.05, 4.69) is 21.3 Å². The van der Waals surface area contributed by atoms with Crippen LogP contribution in [0.2, 0.25) is 0 Å². The number of aromatic nitrogens is 1. The third-order valence-electron chi connectivity index (χ3n) is 5.43. The van der Waals surface area contributed by atoms with E-state index in [0.717, 1.165) is 63.2 Å². The van der Waals surface area contributed by atoms with Gasteiger partial charge in [0, 0.05) is 19.3 Å². The second-order valence-electron chi connectivity index (χ2n) is 6.87. The minimum atomic E-state index is -0.157. The summed E-state index contributed by atoms with van der Waals surface area (Å²) in [7, 11) is 0. The largest absolute Gasteiger partial charge is 0.393 e. The summed E-state index contributed by atoms with van der Waals surface area (Å²) in [5.41, 5.74) is 1.62. The third-order valence-corrected chi connectivity index (χ3v) is 5.43. The summed E-state index contributed by atoms with van der Waals surface area (Å²) in [5, 5.41) is 23.0. The molecule has 0 radical (unpaired) electrons.